The van der Waals surface area contributed by atoms with Gasteiger partial charge in [0.05, 0.1) is 29.9 Å². The van der Waals surface area contributed by atoms with E-state index in [1.165, 1.54) is 0 Å². The molecule has 2 heterocycles. The molecular formula is C18H22BrN5O4. The molecule has 1 aromatic carbocycles. The molecule has 1 aliphatic heterocycles. The van der Waals surface area contributed by atoms with Gasteiger partial charge in [0.15, 0.2) is 11.5 Å². The Morgan fingerprint density at radius 2 is 2.14 bits per heavy atom. The van der Waals surface area contributed by atoms with Gasteiger partial charge < -0.3 is 19.5 Å². The highest BCUT2D eigenvalue weighted by atomic mass is 79.9. The Balaban J connectivity index is 2.18. The van der Waals surface area contributed by atoms with Gasteiger partial charge in [-0.3, -0.25) is 0 Å². The number of esters is 1. The smallest absolute Gasteiger partial charge is 0.338 e. The number of fused-ring (bicyclic) bond motifs is 1. The molecule has 0 bridgehead atoms. The van der Waals surface area contributed by atoms with Crippen molar-refractivity contribution in [2.75, 3.05) is 19.0 Å². The highest BCUT2D eigenvalue weighted by molar-refractivity contribution is 9.10. The highest BCUT2D eigenvalue weighted by Gasteiger charge is 2.36. The maximum Gasteiger partial charge on any atom is 0.338 e. The average Bonchev–Trinajstić information content (AvgIpc) is 3.07. The fraction of sp³-hybridized carbons (Fsp3) is 0.444. The topological polar surface area (TPSA) is 100 Å². The van der Waals surface area contributed by atoms with Crippen molar-refractivity contribution in [2.45, 2.75) is 39.8 Å². The van der Waals surface area contributed by atoms with Gasteiger partial charge in [-0.25, -0.2) is 4.79 Å². The van der Waals surface area contributed by atoms with E-state index in [1.54, 1.807) is 32.6 Å². The molecule has 2 aromatic rings. The number of nitrogens with zero attached hydrogens (tertiary/aromatic N) is 4. The van der Waals surface area contributed by atoms with Crippen LogP contribution in [0, 0.1) is 0 Å². The third-order valence-corrected chi connectivity index (χ3v) is 4.72. The highest BCUT2D eigenvalue weighted by Crippen LogP contribution is 2.42. The van der Waals surface area contributed by atoms with Crippen LogP contribution >= 0.6 is 15.9 Å². The van der Waals surface area contributed by atoms with Crippen LogP contribution in [0.5, 0.6) is 11.5 Å². The molecule has 1 unspecified atom stereocenters. The summed E-state index contributed by atoms with van der Waals surface area (Å²) in [5.41, 5.74) is 1.80. The minimum atomic E-state index is -0.584. The number of nitrogens with one attached hydrogen (secondary N) is 1. The van der Waals surface area contributed by atoms with Gasteiger partial charge in [-0.1, -0.05) is 5.10 Å². The van der Waals surface area contributed by atoms with Gasteiger partial charge in [-0.15, -0.1) is 0 Å². The van der Waals surface area contributed by atoms with Crippen LogP contribution in [-0.4, -0.2) is 46.0 Å². The first-order chi connectivity index (χ1) is 13.4. The van der Waals surface area contributed by atoms with E-state index < -0.39 is 12.0 Å². The number of rotatable bonds is 6. The van der Waals surface area contributed by atoms with Crippen LogP contribution in [-0.2, 0) is 9.53 Å². The van der Waals surface area contributed by atoms with Gasteiger partial charge in [0.2, 0.25) is 5.95 Å². The summed E-state index contributed by atoms with van der Waals surface area (Å²) in [6.45, 7) is 7.76. The zero-order valence-corrected chi connectivity index (χ0v) is 17.9. The van der Waals surface area contributed by atoms with Crippen LogP contribution in [0.1, 0.15) is 39.3 Å². The number of anilines is 1. The van der Waals surface area contributed by atoms with Gasteiger partial charge in [-0.05, 0) is 71.7 Å². The molecule has 150 valence electrons. The molecule has 3 rings (SSSR count). The van der Waals surface area contributed by atoms with E-state index in [0.29, 0.717) is 39.8 Å². The molecule has 0 radical (unpaired) electrons. The molecule has 0 aliphatic carbocycles. The van der Waals surface area contributed by atoms with Gasteiger partial charge in [-0.2, -0.15) is 4.68 Å². The molecule has 1 aromatic heterocycles. The SMILES string of the molecule is CCOc1cc(C2C(C(=O)OC(C)C)=C(C)Nc3nnnn32)cc(Br)c1OC. The molecule has 0 saturated carbocycles. The Bertz CT molecular complexity index is 925. The van der Waals surface area contributed by atoms with Crippen molar-refractivity contribution in [2.24, 2.45) is 0 Å². The van der Waals surface area contributed by atoms with E-state index in [0.717, 1.165) is 5.56 Å². The lowest BCUT2D eigenvalue weighted by Gasteiger charge is -2.28. The van der Waals surface area contributed by atoms with Crippen LogP contribution < -0.4 is 14.8 Å². The Morgan fingerprint density at radius 1 is 1.39 bits per heavy atom. The Hall–Kier alpha value is -2.62. The lowest BCUT2D eigenvalue weighted by atomic mass is 9.95. The third-order valence-electron chi connectivity index (χ3n) is 4.13. The van der Waals surface area contributed by atoms with Crippen LogP contribution in [0.15, 0.2) is 27.9 Å². The Morgan fingerprint density at radius 3 is 2.79 bits per heavy atom. The number of ether oxygens (including phenoxy) is 3. The monoisotopic (exact) mass is 451 g/mol. The number of hydrogen-bond donors (Lipinski definition) is 1. The number of halogens is 1. The molecule has 1 aliphatic rings. The van der Waals surface area contributed by atoms with E-state index in [4.69, 9.17) is 14.2 Å². The molecule has 9 nitrogen and oxygen atoms in total. The second-order valence-corrected chi connectivity index (χ2v) is 7.29. The number of carbonyl (C=O) groups excluding carboxylic acids is 1. The van der Waals surface area contributed by atoms with Crippen molar-refractivity contribution in [1.82, 2.24) is 20.2 Å². The van der Waals surface area contributed by atoms with Crippen molar-refractivity contribution >= 4 is 27.8 Å². The normalized spacial score (nSPS) is 15.9. The van der Waals surface area contributed by atoms with Gasteiger partial charge in [0, 0.05) is 5.70 Å². The predicted octanol–water partition coefficient (Wildman–Crippen LogP) is 3.08. The summed E-state index contributed by atoms with van der Waals surface area (Å²) in [6.07, 6.45) is -0.259. The fourth-order valence-corrected chi connectivity index (χ4v) is 3.69. The molecule has 0 saturated heterocycles. The van der Waals surface area contributed by atoms with Crippen molar-refractivity contribution in [3.8, 4) is 11.5 Å². The van der Waals surface area contributed by atoms with Crippen LogP contribution in [0.3, 0.4) is 0 Å². The second kappa shape index (κ2) is 8.17. The lowest BCUT2D eigenvalue weighted by molar-refractivity contribution is -0.143. The zero-order valence-electron chi connectivity index (χ0n) is 16.3. The number of hydrogen-bond acceptors (Lipinski definition) is 8. The number of tetrazole rings is 1. The van der Waals surface area contributed by atoms with Crippen LogP contribution in [0.25, 0.3) is 0 Å². The third kappa shape index (κ3) is 3.68. The maximum atomic E-state index is 12.9. The van der Waals surface area contributed by atoms with E-state index in [2.05, 4.69) is 36.8 Å². The number of allylic oxidation sites excluding steroid dienone is 1. The van der Waals surface area contributed by atoms with E-state index in [9.17, 15) is 4.79 Å². The molecule has 0 fully saturated rings. The number of methoxy groups -OCH3 is 1. The largest absolute Gasteiger partial charge is 0.492 e. The molecular weight excluding hydrogens is 430 g/mol. The zero-order chi connectivity index (χ0) is 20.4. The quantitative estimate of drug-likeness (QED) is 0.668. The second-order valence-electron chi connectivity index (χ2n) is 6.43. The molecule has 28 heavy (non-hydrogen) atoms. The van der Waals surface area contributed by atoms with E-state index >= 15 is 0 Å². The molecule has 10 heteroatoms. The first-order valence-corrected chi connectivity index (χ1v) is 9.63. The summed E-state index contributed by atoms with van der Waals surface area (Å²) in [5, 5.41) is 14.9. The minimum Gasteiger partial charge on any atom is -0.492 e. The number of carbonyl (C=O) groups is 1. The Kier molecular flexibility index (Phi) is 5.87. The molecule has 1 atom stereocenters. The average molecular weight is 452 g/mol. The van der Waals surface area contributed by atoms with E-state index in [-0.39, 0.29) is 6.10 Å². The van der Waals surface area contributed by atoms with Crippen molar-refractivity contribution < 1.29 is 19.0 Å². The lowest BCUT2D eigenvalue weighted by Crippen LogP contribution is -2.30. The first kappa shape index (κ1) is 20.1. The van der Waals surface area contributed by atoms with Crippen LogP contribution in [0.2, 0.25) is 0 Å². The molecule has 0 amide bonds. The maximum absolute atomic E-state index is 12.9. The van der Waals surface area contributed by atoms with Crippen LogP contribution in [0.4, 0.5) is 5.95 Å². The number of benzene rings is 1. The molecule has 0 spiro atoms. The Labute approximate surface area is 171 Å². The van der Waals surface area contributed by atoms with Crippen molar-refractivity contribution in [3.05, 3.63) is 33.4 Å². The van der Waals surface area contributed by atoms with Crippen molar-refractivity contribution in [3.63, 3.8) is 0 Å². The summed E-state index contributed by atoms with van der Waals surface area (Å²) in [4.78, 5) is 12.9. The fourth-order valence-electron chi connectivity index (χ4n) is 3.07. The summed E-state index contributed by atoms with van der Waals surface area (Å²) in [6, 6.07) is 3.10. The first-order valence-electron chi connectivity index (χ1n) is 8.84. The standard InChI is InChI=1S/C18H22BrN5O4/c1-6-27-13-8-11(7-12(19)16(13)26-5)15-14(17(25)28-9(2)3)10(4)20-18-21-22-23-24(15)18/h7-9,15H,6H2,1-5H3,(H,20,21,23). The van der Waals surface area contributed by atoms with Gasteiger partial charge in [0.25, 0.3) is 0 Å². The summed E-state index contributed by atoms with van der Waals surface area (Å²) in [7, 11) is 1.57. The molecule has 1 N–H and O–H groups in total. The predicted molar refractivity (Wildman–Crippen MR) is 105 cm³/mol. The number of aromatic nitrogens is 4. The summed E-state index contributed by atoms with van der Waals surface area (Å²) < 4.78 is 18.9. The van der Waals surface area contributed by atoms with E-state index in [1.807, 2.05) is 19.1 Å². The minimum absolute atomic E-state index is 0.259. The summed E-state index contributed by atoms with van der Waals surface area (Å²) in [5.74, 6) is 1.13. The van der Waals surface area contributed by atoms with Gasteiger partial charge >= 0.3 is 5.97 Å². The van der Waals surface area contributed by atoms with Gasteiger partial charge in [0.1, 0.15) is 6.04 Å². The van der Waals surface area contributed by atoms with Crippen molar-refractivity contribution in [1.29, 1.82) is 0 Å². The summed E-state index contributed by atoms with van der Waals surface area (Å²) >= 11 is 3.52.